The summed E-state index contributed by atoms with van der Waals surface area (Å²) in [6, 6.07) is 17.3. The van der Waals surface area contributed by atoms with Gasteiger partial charge in [0.05, 0.1) is 0 Å². The van der Waals surface area contributed by atoms with Crippen LogP contribution in [0, 0.1) is 0 Å². The quantitative estimate of drug-likeness (QED) is 0.853. The Balaban J connectivity index is 1.85. The minimum absolute atomic E-state index is 0.281. The van der Waals surface area contributed by atoms with E-state index in [1.165, 1.54) is 0 Å². The average molecular weight is 365 g/mol. The first-order valence-corrected chi connectivity index (χ1v) is 8.87. The van der Waals surface area contributed by atoms with Gasteiger partial charge in [-0.3, -0.25) is 9.59 Å². The number of nitrogens with one attached hydrogen (secondary N) is 1. The lowest BCUT2D eigenvalue weighted by atomic mass is 10.0. The molecule has 2 atom stereocenters. The lowest BCUT2D eigenvalue weighted by Gasteiger charge is -2.30. The maximum absolute atomic E-state index is 13.1. The molecule has 3 rings (SSSR count). The van der Waals surface area contributed by atoms with Crippen LogP contribution in [0.4, 0.5) is 0 Å². The maximum atomic E-state index is 13.1. The molecular weight excluding hydrogens is 342 g/mol. The van der Waals surface area contributed by atoms with Gasteiger partial charge >= 0.3 is 0 Å². The molecule has 1 aliphatic rings. The first-order valence-electron chi connectivity index (χ1n) is 8.87. The van der Waals surface area contributed by atoms with E-state index in [9.17, 15) is 14.7 Å². The van der Waals surface area contributed by atoms with Crippen molar-refractivity contribution in [3.8, 4) is 0 Å². The minimum Gasteiger partial charge on any atom is -0.369 e. The van der Waals surface area contributed by atoms with E-state index < -0.39 is 17.7 Å². The van der Waals surface area contributed by atoms with Crippen molar-refractivity contribution in [3.63, 3.8) is 0 Å². The van der Waals surface area contributed by atoms with E-state index in [2.05, 4.69) is 10.4 Å². The Morgan fingerprint density at radius 1 is 1.15 bits per heavy atom. The molecule has 2 aromatic rings. The number of hydrogen-bond acceptors (Lipinski definition) is 4. The van der Waals surface area contributed by atoms with Crippen molar-refractivity contribution in [1.29, 1.82) is 0 Å². The third kappa shape index (κ3) is 4.41. The van der Waals surface area contributed by atoms with Crippen LogP contribution in [0.1, 0.15) is 36.2 Å². The number of benzene rings is 2. The van der Waals surface area contributed by atoms with Crippen molar-refractivity contribution >= 4 is 17.5 Å². The molecule has 1 heterocycles. The Morgan fingerprint density at radius 2 is 1.74 bits per heavy atom. The largest absolute Gasteiger partial charge is 0.369 e. The van der Waals surface area contributed by atoms with Gasteiger partial charge in [-0.25, -0.2) is 5.01 Å². The van der Waals surface area contributed by atoms with Gasteiger partial charge in [-0.2, -0.15) is 5.10 Å². The molecule has 0 fully saturated rings. The van der Waals surface area contributed by atoms with Gasteiger partial charge in [0.1, 0.15) is 6.04 Å². The third-order valence-electron chi connectivity index (χ3n) is 4.45. The molecular formula is C21H23N3O3. The lowest BCUT2D eigenvalue weighted by Crippen LogP contribution is -2.53. The fourth-order valence-electron chi connectivity index (χ4n) is 3.19. The second kappa shape index (κ2) is 7.72. The SMILES string of the molecule is CC1=NN(C(=O)[C@@H](Cc2ccccc2)NC(=O)c2ccccc2)[C@@](C)(O)C1. The van der Waals surface area contributed by atoms with Gasteiger partial charge in [0.15, 0.2) is 5.72 Å². The Labute approximate surface area is 158 Å². The van der Waals surface area contributed by atoms with Crippen LogP contribution >= 0.6 is 0 Å². The van der Waals surface area contributed by atoms with Crippen LogP contribution in [0.5, 0.6) is 0 Å². The highest BCUT2D eigenvalue weighted by Gasteiger charge is 2.41. The Bertz CT molecular complexity index is 847. The molecule has 0 radical (unpaired) electrons. The van der Waals surface area contributed by atoms with Crippen molar-refractivity contribution in [1.82, 2.24) is 10.3 Å². The normalized spacial score (nSPS) is 20.1. The first-order chi connectivity index (χ1) is 12.9. The van der Waals surface area contributed by atoms with Crippen molar-refractivity contribution in [2.75, 3.05) is 0 Å². The number of carbonyl (C=O) groups excluding carboxylic acids is 2. The summed E-state index contributed by atoms with van der Waals surface area (Å²) in [5.74, 6) is -0.783. The van der Waals surface area contributed by atoms with Gasteiger partial charge in [-0.15, -0.1) is 0 Å². The molecule has 2 aromatic carbocycles. The van der Waals surface area contributed by atoms with Gasteiger partial charge in [0, 0.05) is 24.1 Å². The molecule has 0 saturated heterocycles. The highest BCUT2D eigenvalue weighted by molar-refractivity contribution is 5.98. The molecule has 0 aliphatic carbocycles. The van der Waals surface area contributed by atoms with E-state index in [-0.39, 0.29) is 12.3 Å². The molecule has 27 heavy (non-hydrogen) atoms. The smallest absolute Gasteiger partial charge is 0.268 e. The van der Waals surface area contributed by atoms with Gasteiger partial charge in [0.25, 0.3) is 11.8 Å². The second-order valence-corrected chi connectivity index (χ2v) is 6.96. The van der Waals surface area contributed by atoms with Gasteiger partial charge in [0.2, 0.25) is 0 Å². The van der Waals surface area contributed by atoms with Crippen molar-refractivity contribution in [2.45, 2.75) is 38.5 Å². The zero-order chi connectivity index (χ0) is 19.4. The second-order valence-electron chi connectivity index (χ2n) is 6.96. The molecule has 0 bridgehead atoms. The van der Waals surface area contributed by atoms with Crippen LogP contribution in [0.3, 0.4) is 0 Å². The van der Waals surface area contributed by atoms with Gasteiger partial charge in [-0.05, 0) is 31.5 Å². The lowest BCUT2D eigenvalue weighted by molar-refractivity contribution is -0.154. The fourth-order valence-corrected chi connectivity index (χ4v) is 3.19. The van der Waals surface area contributed by atoms with E-state index in [1.54, 1.807) is 38.1 Å². The number of aliphatic hydroxyl groups is 1. The van der Waals surface area contributed by atoms with Crippen LogP contribution in [0.15, 0.2) is 65.8 Å². The Morgan fingerprint density at radius 3 is 2.30 bits per heavy atom. The summed E-state index contributed by atoms with van der Waals surface area (Å²) >= 11 is 0. The summed E-state index contributed by atoms with van der Waals surface area (Å²) in [4.78, 5) is 25.7. The van der Waals surface area contributed by atoms with Gasteiger partial charge < -0.3 is 10.4 Å². The summed E-state index contributed by atoms with van der Waals surface area (Å²) in [5.41, 5.74) is 0.647. The molecule has 1 aliphatic heterocycles. The van der Waals surface area contributed by atoms with Crippen molar-refractivity contribution in [2.24, 2.45) is 5.10 Å². The van der Waals surface area contributed by atoms with Crippen LogP contribution < -0.4 is 5.32 Å². The van der Waals surface area contributed by atoms with Crippen molar-refractivity contribution < 1.29 is 14.7 Å². The molecule has 6 heteroatoms. The summed E-state index contributed by atoms with van der Waals surface area (Å²) < 4.78 is 0. The summed E-state index contributed by atoms with van der Waals surface area (Å²) in [6.07, 6.45) is 0.586. The number of rotatable bonds is 5. The topological polar surface area (TPSA) is 82.0 Å². The minimum atomic E-state index is -1.40. The number of hydrazone groups is 1. The van der Waals surface area contributed by atoms with E-state index in [1.807, 2.05) is 36.4 Å². The van der Waals surface area contributed by atoms with Crippen molar-refractivity contribution in [3.05, 3.63) is 71.8 Å². The number of nitrogens with zero attached hydrogens (tertiary/aromatic N) is 2. The van der Waals surface area contributed by atoms with Crippen LogP contribution in [-0.2, 0) is 11.2 Å². The fraction of sp³-hybridized carbons (Fsp3) is 0.286. The van der Waals surface area contributed by atoms with Crippen LogP contribution in [-0.4, -0.2) is 39.4 Å². The van der Waals surface area contributed by atoms with E-state index >= 15 is 0 Å². The molecule has 2 amide bonds. The zero-order valence-corrected chi connectivity index (χ0v) is 15.4. The molecule has 0 saturated carbocycles. The average Bonchev–Trinajstić information content (AvgIpc) is 2.94. The Kier molecular flexibility index (Phi) is 5.37. The number of carbonyl (C=O) groups is 2. The maximum Gasteiger partial charge on any atom is 0.268 e. The molecule has 0 aromatic heterocycles. The third-order valence-corrected chi connectivity index (χ3v) is 4.45. The monoisotopic (exact) mass is 365 g/mol. The van der Waals surface area contributed by atoms with Crippen LogP contribution in [0.2, 0.25) is 0 Å². The molecule has 0 unspecified atom stereocenters. The summed E-state index contributed by atoms with van der Waals surface area (Å²) in [7, 11) is 0. The molecule has 2 N–H and O–H groups in total. The molecule has 0 spiro atoms. The van der Waals surface area contributed by atoms with Gasteiger partial charge in [-0.1, -0.05) is 48.5 Å². The highest BCUT2D eigenvalue weighted by Crippen LogP contribution is 2.25. The highest BCUT2D eigenvalue weighted by atomic mass is 16.3. The number of hydrogen-bond donors (Lipinski definition) is 2. The Hall–Kier alpha value is -2.99. The number of amides is 2. The predicted octanol–water partition coefficient (Wildman–Crippen LogP) is 2.34. The van der Waals surface area contributed by atoms with Crippen LogP contribution in [0.25, 0.3) is 0 Å². The summed E-state index contributed by atoms with van der Waals surface area (Å²) in [6.45, 7) is 3.31. The van der Waals surface area contributed by atoms with E-state index in [0.29, 0.717) is 17.7 Å². The zero-order valence-electron chi connectivity index (χ0n) is 15.4. The predicted molar refractivity (Wildman–Crippen MR) is 103 cm³/mol. The standard InChI is InChI=1S/C21H23N3O3/c1-15-14-21(2,27)24(23-15)20(26)18(13-16-9-5-3-6-10-16)22-19(25)17-11-7-4-8-12-17/h3-12,18,27H,13-14H2,1-2H3,(H,22,25)/t18-,21+/m1/s1. The van der Waals surface area contributed by atoms with E-state index in [0.717, 1.165) is 10.6 Å². The molecule has 140 valence electrons. The molecule has 6 nitrogen and oxygen atoms in total. The summed E-state index contributed by atoms with van der Waals surface area (Å²) in [5, 5.41) is 18.6. The van der Waals surface area contributed by atoms with E-state index in [4.69, 9.17) is 0 Å². The first kappa shape index (κ1) is 18.8.